The maximum Gasteiger partial charge on any atom is 0.205 e. The van der Waals surface area contributed by atoms with Crippen molar-refractivity contribution in [3.63, 3.8) is 0 Å². The molecule has 3 aromatic rings. The Labute approximate surface area is 109 Å². The molecule has 0 atom stereocenters. The zero-order valence-corrected chi connectivity index (χ0v) is 11.1. The summed E-state index contributed by atoms with van der Waals surface area (Å²) in [6.45, 7) is 3.97. The van der Waals surface area contributed by atoms with Gasteiger partial charge in [0.15, 0.2) is 0 Å². The Bertz CT molecular complexity index is 736. The van der Waals surface area contributed by atoms with Gasteiger partial charge in [-0.2, -0.15) is 0 Å². The molecule has 0 aliphatic carbocycles. The predicted octanol–water partition coefficient (Wildman–Crippen LogP) is 4.08. The fourth-order valence-electron chi connectivity index (χ4n) is 2.25. The van der Waals surface area contributed by atoms with Crippen molar-refractivity contribution in [1.29, 1.82) is 0 Å². The van der Waals surface area contributed by atoms with Crippen LogP contribution in [0.1, 0.15) is 25.8 Å². The minimum atomic E-state index is 0.114. The minimum absolute atomic E-state index is 0.114. The number of H-pyrrole nitrogens is 1. The molecule has 2 heterocycles. The molecular weight excluding hydrogens is 242 g/mol. The molecule has 90 valence electrons. The molecule has 0 bridgehead atoms. The summed E-state index contributed by atoms with van der Waals surface area (Å²) in [5.41, 5.74) is 2.76. The van der Waals surface area contributed by atoms with E-state index in [9.17, 15) is 4.79 Å². The quantitative estimate of drug-likeness (QED) is 0.688. The zero-order valence-electron chi connectivity index (χ0n) is 10.3. The van der Waals surface area contributed by atoms with Gasteiger partial charge in [0.1, 0.15) is 0 Å². The molecule has 0 spiro atoms. The number of benzene rings is 1. The van der Waals surface area contributed by atoms with Crippen LogP contribution in [0.15, 0.2) is 36.4 Å². The number of rotatable bonds is 2. The maximum atomic E-state index is 12.5. The van der Waals surface area contributed by atoms with E-state index in [0.29, 0.717) is 0 Å². The van der Waals surface area contributed by atoms with Gasteiger partial charge in [-0.15, -0.1) is 11.3 Å². The molecule has 0 unspecified atom stereocenters. The summed E-state index contributed by atoms with van der Waals surface area (Å²) in [7, 11) is 0. The molecule has 2 nitrogen and oxygen atoms in total. The lowest BCUT2D eigenvalue weighted by atomic mass is 10.1. The van der Waals surface area contributed by atoms with Crippen LogP contribution in [-0.2, 0) is 0 Å². The van der Waals surface area contributed by atoms with Gasteiger partial charge in [0.2, 0.25) is 5.78 Å². The average molecular weight is 255 g/mol. The molecule has 0 aliphatic heterocycles. The third-order valence-corrected chi connectivity index (χ3v) is 4.08. The van der Waals surface area contributed by atoms with Crippen molar-refractivity contribution in [2.75, 3.05) is 0 Å². The van der Waals surface area contributed by atoms with Gasteiger partial charge in [-0.1, -0.05) is 18.2 Å². The summed E-state index contributed by atoms with van der Waals surface area (Å²) in [6.07, 6.45) is 0. The molecule has 18 heavy (non-hydrogen) atoms. The van der Waals surface area contributed by atoms with Crippen LogP contribution in [0.2, 0.25) is 0 Å². The summed E-state index contributed by atoms with van der Waals surface area (Å²) in [5, 5.41) is 1.01. The van der Waals surface area contributed by atoms with Crippen LogP contribution in [0, 0.1) is 13.8 Å². The SMILES string of the molecule is Cc1ccc(C(=O)c2c(C)[nH]c3ccccc23)s1. The van der Waals surface area contributed by atoms with Crippen molar-refractivity contribution in [1.82, 2.24) is 4.98 Å². The van der Waals surface area contributed by atoms with E-state index in [2.05, 4.69) is 4.98 Å². The molecule has 1 N–H and O–H groups in total. The monoisotopic (exact) mass is 255 g/mol. The standard InChI is InChI=1S/C15H13NOS/c1-9-7-8-13(18-9)15(17)14-10(2)16-12-6-4-3-5-11(12)14/h3-8,16H,1-2H3. The molecule has 2 aromatic heterocycles. The molecule has 1 aromatic carbocycles. The van der Waals surface area contributed by atoms with Crippen LogP contribution >= 0.6 is 11.3 Å². The van der Waals surface area contributed by atoms with Gasteiger partial charge in [-0.05, 0) is 32.0 Å². The number of ketones is 1. The van der Waals surface area contributed by atoms with Crippen LogP contribution < -0.4 is 0 Å². The Morgan fingerprint density at radius 3 is 2.61 bits per heavy atom. The number of thiophene rings is 1. The van der Waals surface area contributed by atoms with E-state index >= 15 is 0 Å². The number of para-hydroxylation sites is 1. The first-order chi connectivity index (χ1) is 8.66. The lowest BCUT2D eigenvalue weighted by Gasteiger charge is -1.98. The molecule has 0 amide bonds. The third-order valence-electron chi connectivity index (χ3n) is 3.08. The van der Waals surface area contributed by atoms with Crippen LogP contribution in [0.3, 0.4) is 0 Å². The summed E-state index contributed by atoms with van der Waals surface area (Å²) >= 11 is 1.55. The van der Waals surface area contributed by atoms with Crippen LogP contribution in [0.4, 0.5) is 0 Å². The molecule has 3 rings (SSSR count). The first-order valence-corrected chi connectivity index (χ1v) is 6.67. The number of nitrogens with one attached hydrogen (secondary N) is 1. The minimum Gasteiger partial charge on any atom is -0.358 e. The molecule has 3 heteroatoms. The highest BCUT2D eigenvalue weighted by Crippen LogP contribution is 2.27. The van der Waals surface area contributed by atoms with E-state index in [-0.39, 0.29) is 5.78 Å². The second-order valence-corrected chi connectivity index (χ2v) is 5.70. The van der Waals surface area contributed by atoms with Gasteiger partial charge in [-0.3, -0.25) is 4.79 Å². The highest BCUT2D eigenvalue weighted by molar-refractivity contribution is 7.14. The molecule has 0 aliphatic rings. The van der Waals surface area contributed by atoms with Crippen molar-refractivity contribution in [3.8, 4) is 0 Å². The Morgan fingerprint density at radius 1 is 1.11 bits per heavy atom. The Morgan fingerprint density at radius 2 is 1.89 bits per heavy atom. The number of hydrogen-bond donors (Lipinski definition) is 1. The lowest BCUT2D eigenvalue weighted by molar-refractivity contribution is 0.104. The third kappa shape index (κ3) is 1.68. The van der Waals surface area contributed by atoms with Gasteiger partial charge in [0.25, 0.3) is 0 Å². The van der Waals surface area contributed by atoms with Crippen molar-refractivity contribution in [2.24, 2.45) is 0 Å². The number of carbonyl (C=O) groups excluding carboxylic acids is 1. The van der Waals surface area contributed by atoms with Crippen LogP contribution in [0.25, 0.3) is 10.9 Å². The van der Waals surface area contributed by atoms with Gasteiger partial charge < -0.3 is 4.98 Å². The average Bonchev–Trinajstić information content (AvgIpc) is 2.91. The number of fused-ring (bicyclic) bond motifs is 1. The summed E-state index contributed by atoms with van der Waals surface area (Å²) in [6, 6.07) is 11.8. The normalized spacial score (nSPS) is 11.0. The molecule has 0 fully saturated rings. The Balaban J connectivity index is 2.20. The van der Waals surface area contributed by atoms with E-state index in [0.717, 1.165) is 31.9 Å². The van der Waals surface area contributed by atoms with Crippen molar-refractivity contribution < 1.29 is 4.79 Å². The maximum absolute atomic E-state index is 12.5. The largest absolute Gasteiger partial charge is 0.358 e. The lowest BCUT2D eigenvalue weighted by Crippen LogP contribution is -1.99. The number of carbonyl (C=O) groups is 1. The number of aromatic amines is 1. The molecular formula is C15H13NOS. The van der Waals surface area contributed by atoms with Crippen LogP contribution in [-0.4, -0.2) is 10.8 Å². The number of hydrogen-bond acceptors (Lipinski definition) is 2. The van der Waals surface area contributed by atoms with Gasteiger partial charge in [0, 0.05) is 21.5 Å². The second-order valence-electron chi connectivity index (χ2n) is 4.41. The fourth-order valence-corrected chi connectivity index (χ4v) is 3.06. The molecule has 0 saturated carbocycles. The van der Waals surface area contributed by atoms with Crippen LogP contribution in [0.5, 0.6) is 0 Å². The highest BCUT2D eigenvalue weighted by atomic mass is 32.1. The first kappa shape index (κ1) is 11.2. The van der Waals surface area contributed by atoms with Crippen molar-refractivity contribution in [3.05, 3.63) is 57.4 Å². The number of aryl methyl sites for hydroxylation is 2. The second kappa shape index (κ2) is 4.10. The fraction of sp³-hybridized carbons (Fsp3) is 0.133. The smallest absolute Gasteiger partial charge is 0.205 e. The Hall–Kier alpha value is -1.87. The summed E-state index contributed by atoms with van der Waals surface area (Å²) in [5.74, 6) is 0.114. The van der Waals surface area contributed by atoms with E-state index in [4.69, 9.17) is 0 Å². The Kier molecular flexibility index (Phi) is 2.56. The topological polar surface area (TPSA) is 32.9 Å². The van der Waals surface area contributed by atoms with Gasteiger partial charge >= 0.3 is 0 Å². The number of aromatic nitrogens is 1. The van der Waals surface area contributed by atoms with Crippen molar-refractivity contribution >= 4 is 28.0 Å². The van der Waals surface area contributed by atoms with Crippen molar-refractivity contribution in [2.45, 2.75) is 13.8 Å². The van der Waals surface area contributed by atoms with Gasteiger partial charge in [-0.25, -0.2) is 0 Å². The van der Waals surface area contributed by atoms with Gasteiger partial charge in [0.05, 0.1) is 10.4 Å². The van der Waals surface area contributed by atoms with E-state index in [1.807, 2.05) is 50.2 Å². The highest BCUT2D eigenvalue weighted by Gasteiger charge is 2.18. The summed E-state index contributed by atoms with van der Waals surface area (Å²) in [4.78, 5) is 17.8. The predicted molar refractivity (Wildman–Crippen MR) is 75.5 cm³/mol. The molecule has 0 radical (unpaired) electrons. The first-order valence-electron chi connectivity index (χ1n) is 5.85. The van der Waals surface area contributed by atoms with E-state index in [1.54, 1.807) is 11.3 Å². The molecule has 0 saturated heterocycles. The summed E-state index contributed by atoms with van der Waals surface area (Å²) < 4.78 is 0. The van der Waals surface area contributed by atoms with E-state index in [1.165, 1.54) is 0 Å². The zero-order chi connectivity index (χ0) is 12.7. The van der Waals surface area contributed by atoms with E-state index < -0.39 is 0 Å².